The van der Waals surface area contributed by atoms with Gasteiger partial charge in [-0.15, -0.1) is 0 Å². The Morgan fingerprint density at radius 3 is 2.38 bits per heavy atom. The number of likely N-dealkylation sites (tertiary alicyclic amines) is 2. The number of hydrogen-bond donors (Lipinski definition) is 0. The highest BCUT2D eigenvalue weighted by molar-refractivity contribution is 6.00. The molecule has 2 fully saturated rings. The van der Waals surface area contributed by atoms with Crippen LogP contribution in [0.1, 0.15) is 63.1 Å². The Morgan fingerprint density at radius 1 is 1.02 bits per heavy atom. The molecule has 11 heteroatoms. The summed E-state index contributed by atoms with van der Waals surface area (Å²) in [5, 5.41) is 0. The number of aryl methyl sites for hydroxylation is 1. The highest BCUT2D eigenvalue weighted by Gasteiger charge is 2.38. The normalized spacial score (nSPS) is 21.6. The topological polar surface area (TPSA) is 103 Å². The zero-order valence-corrected chi connectivity index (χ0v) is 24.6. The lowest BCUT2D eigenvalue weighted by Crippen LogP contribution is -2.47. The van der Waals surface area contributed by atoms with Crippen molar-refractivity contribution in [3.63, 3.8) is 0 Å². The fourth-order valence-electron chi connectivity index (χ4n) is 5.83. The van der Waals surface area contributed by atoms with Gasteiger partial charge in [-0.25, -0.2) is 14.0 Å². The fraction of sp³-hybridized carbons (Fsp3) is 0.484. The van der Waals surface area contributed by atoms with E-state index in [1.807, 2.05) is 0 Å². The molecule has 3 heterocycles. The highest BCUT2D eigenvalue weighted by Crippen LogP contribution is 2.34. The molecule has 0 radical (unpaired) electrons. The molecule has 0 spiro atoms. The van der Waals surface area contributed by atoms with Gasteiger partial charge in [-0.1, -0.05) is 18.2 Å². The first-order valence-corrected chi connectivity index (χ1v) is 14.2. The van der Waals surface area contributed by atoms with E-state index in [4.69, 9.17) is 9.47 Å². The van der Waals surface area contributed by atoms with Gasteiger partial charge < -0.3 is 14.4 Å². The van der Waals surface area contributed by atoms with Crippen LogP contribution in [0.25, 0.3) is 11.0 Å². The third-order valence-corrected chi connectivity index (χ3v) is 8.03. The minimum absolute atomic E-state index is 0.0772. The van der Waals surface area contributed by atoms with E-state index in [2.05, 4.69) is 0 Å². The van der Waals surface area contributed by atoms with Crippen molar-refractivity contribution in [1.82, 2.24) is 18.9 Å². The molecule has 3 unspecified atom stereocenters. The van der Waals surface area contributed by atoms with Crippen molar-refractivity contribution in [1.29, 1.82) is 0 Å². The van der Waals surface area contributed by atoms with Crippen LogP contribution in [0, 0.1) is 0 Å². The number of aromatic nitrogens is 2. The summed E-state index contributed by atoms with van der Waals surface area (Å²) in [4.78, 5) is 54.9. The Labute approximate surface area is 243 Å². The standard InChI is InChI=1S/C31H37FN4O6/c1-31(2,3)42-30(40)34-15-14-22(23(32)18-34)20-8-11-24-26(16-20)33(4)29(39)36(24)25-12-13-27(37)35(28(25)38)17-19-6-9-21(41-5)10-7-19/h6-11,16,22-23,25H,12-15,17-18H2,1-5H3. The molecule has 42 heavy (non-hydrogen) atoms. The number of piperidine rings is 2. The van der Waals surface area contributed by atoms with Gasteiger partial charge in [0.15, 0.2) is 0 Å². The van der Waals surface area contributed by atoms with E-state index in [0.29, 0.717) is 29.7 Å². The summed E-state index contributed by atoms with van der Waals surface area (Å²) in [5.74, 6) is -0.504. The zero-order chi connectivity index (χ0) is 30.3. The van der Waals surface area contributed by atoms with Gasteiger partial charge in [0.05, 0.1) is 31.2 Å². The minimum Gasteiger partial charge on any atom is -0.497 e. The van der Waals surface area contributed by atoms with E-state index >= 15 is 4.39 Å². The van der Waals surface area contributed by atoms with Gasteiger partial charge in [-0.2, -0.15) is 0 Å². The minimum atomic E-state index is -1.31. The molecule has 0 saturated carbocycles. The molecule has 3 aromatic rings. The maximum Gasteiger partial charge on any atom is 0.410 e. The van der Waals surface area contributed by atoms with E-state index in [-0.39, 0.29) is 37.5 Å². The molecular formula is C31H37FN4O6. The molecule has 0 N–H and O–H groups in total. The Kier molecular flexibility index (Phi) is 7.87. The predicted molar refractivity (Wildman–Crippen MR) is 154 cm³/mol. The number of imidazole rings is 1. The number of ether oxygens (including phenoxy) is 2. The van der Waals surface area contributed by atoms with Gasteiger partial charge in [0.25, 0.3) is 5.91 Å². The van der Waals surface area contributed by atoms with Gasteiger partial charge in [-0.3, -0.25) is 23.6 Å². The van der Waals surface area contributed by atoms with Crippen LogP contribution >= 0.6 is 0 Å². The first-order chi connectivity index (χ1) is 19.9. The molecule has 2 aliphatic heterocycles. The van der Waals surface area contributed by atoms with Crippen LogP contribution in [0.5, 0.6) is 5.75 Å². The molecule has 10 nitrogen and oxygen atoms in total. The molecule has 2 aliphatic rings. The van der Waals surface area contributed by atoms with Crippen LogP contribution in [0.2, 0.25) is 0 Å². The lowest BCUT2D eigenvalue weighted by molar-refractivity contribution is -0.151. The van der Waals surface area contributed by atoms with E-state index in [1.165, 1.54) is 18.9 Å². The van der Waals surface area contributed by atoms with E-state index < -0.39 is 35.7 Å². The Hall–Kier alpha value is -4.15. The summed E-state index contributed by atoms with van der Waals surface area (Å²) in [6.07, 6.45) is -1.08. The molecule has 0 bridgehead atoms. The number of alkyl halides is 1. The molecule has 2 saturated heterocycles. The molecule has 2 aromatic carbocycles. The number of rotatable bonds is 5. The number of hydrogen-bond acceptors (Lipinski definition) is 6. The lowest BCUT2D eigenvalue weighted by atomic mass is 9.88. The molecule has 3 atom stereocenters. The maximum atomic E-state index is 15.4. The van der Waals surface area contributed by atoms with Gasteiger partial charge in [0.1, 0.15) is 23.6 Å². The second-order valence-electron chi connectivity index (χ2n) is 12.0. The summed E-state index contributed by atoms with van der Waals surface area (Å²) in [7, 11) is 3.18. The second kappa shape index (κ2) is 11.3. The number of carbonyl (C=O) groups excluding carboxylic acids is 3. The fourth-order valence-corrected chi connectivity index (χ4v) is 5.83. The first-order valence-electron chi connectivity index (χ1n) is 14.2. The van der Waals surface area contributed by atoms with Crippen LogP contribution in [0.4, 0.5) is 9.18 Å². The van der Waals surface area contributed by atoms with Crippen molar-refractivity contribution in [3.8, 4) is 5.75 Å². The number of benzene rings is 2. The Balaban J connectivity index is 1.38. The predicted octanol–water partition coefficient (Wildman–Crippen LogP) is 4.30. The lowest BCUT2D eigenvalue weighted by Gasteiger charge is -2.35. The number of methoxy groups -OCH3 is 1. The molecule has 224 valence electrons. The maximum absolute atomic E-state index is 15.4. The average molecular weight is 581 g/mol. The van der Waals surface area contributed by atoms with E-state index in [0.717, 1.165) is 11.1 Å². The molecule has 5 rings (SSSR count). The summed E-state index contributed by atoms with van der Waals surface area (Å²) in [6.45, 7) is 5.69. The molecular weight excluding hydrogens is 543 g/mol. The molecule has 1 aromatic heterocycles. The zero-order valence-electron chi connectivity index (χ0n) is 24.6. The SMILES string of the molecule is COc1ccc(CN2C(=O)CCC(n3c(=O)n(C)c4cc(C5CCN(C(=O)OC(C)(C)C)CC5F)ccc43)C2=O)cc1. The van der Waals surface area contributed by atoms with Gasteiger partial charge in [-0.05, 0) is 69.0 Å². The Morgan fingerprint density at radius 2 is 1.74 bits per heavy atom. The number of amides is 3. The van der Waals surface area contributed by atoms with Crippen molar-refractivity contribution < 1.29 is 28.2 Å². The quantitative estimate of drug-likeness (QED) is 0.417. The number of imide groups is 1. The first kappa shape index (κ1) is 29.3. The number of halogens is 1. The summed E-state index contributed by atoms with van der Waals surface area (Å²) < 4.78 is 28.9. The van der Waals surface area contributed by atoms with Gasteiger partial charge >= 0.3 is 11.8 Å². The van der Waals surface area contributed by atoms with Crippen molar-refractivity contribution in [3.05, 3.63) is 64.1 Å². The van der Waals surface area contributed by atoms with Gasteiger partial charge in [0.2, 0.25) is 5.91 Å². The Bertz CT molecular complexity index is 1570. The summed E-state index contributed by atoms with van der Waals surface area (Å²) in [5.41, 5.74) is 1.57. The third kappa shape index (κ3) is 5.64. The van der Waals surface area contributed by atoms with E-state index in [9.17, 15) is 19.2 Å². The van der Waals surface area contributed by atoms with Gasteiger partial charge in [0, 0.05) is 25.9 Å². The van der Waals surface area contributed by atoms with Crippen LogP contribution in [-0.4, -0.2) is 68.8 Å². The van der Waals surface area contributed by atoms with Crippen LogP contribution in [0.3, 0.4) is 0 Å². The summed E-state index contributed by atoms with van der Waals surface area (Å²) in [6, 6.07) is 11.6. The number of nitrogens with zero attached hydrogens (tertiary/aromatic N) is 4. The third-order valence-electron chi connectivity index (χ3n) is 8.03. The van der Waals surface area contributed by atoms with Crippen molar-refractivity contribution in [2.45, 2.75) is 70.3 Å². The second-order valence-corrected chi connectivity index (χ2v) is 12.0. The van der Waals surface area contributed by atoms with E-state index in [1.54, 1.807) is 77.4 Å². The number of fused-ring (bicyclic) bond motifs is 1. The highest BCUT2D eigenvalue weighted by atomic mass is 19.1. The van der Waals surface area contributed by atoms with Crippen molar-refractivity contribution >= 4 is 28.9 Å². The van der Waals surface area contributed by atoms with Crippen LogP contribution < -0.4 is 10.4 Å². The van der Waals surface area contributed by atoms with Crippen LogP contribution in [-0.2, 0) is 27.9 Å². The monoisotopic (exact) mass is 580 g/mol. The smallest absolute Gasteiger partial charge is 0.410 e. The molecule has 3 amide bonds. The van der Waals surface area contributed by atoms with Crippen molar-refractivity contribution in [2.75, 3.05) is 20.2 Å². The van der Waals surface area contributed by atoms with Crippen molar-refractivity contribution in [2.24, 2.45) is 7.05 Å². The molecule has 0 aliphatic carbocycles. The largest absolute Gasteiger partial charge is 0.497 e. The summed E-state index contributed by atoms with van der Waals surface area (Å²) >= 11 is 0. The average Bonchev–Trinajstić information content (AvgIpc) is 3.19. The number of carbonyl (C=O) groups is 3. The van der Waals surface area contributed by atoms with Crippen LogP contribution in [0.15, 0.2) is 47.3 Å².